The number of nitrogens with one attached hydrogen (secondary N) is 2. The van der Waals surface area contributed by atoms with Gasteiger partial charge in [-0.05, 0) is 6.92 Å². The number of imidazole rings is 1. The van der Waals surface area contributed by atoms with Crippen LogP contribution in [0.15, 0.2) is 14.4 Å². The van der Waals surface area contributed by atoms with Crippen LogP contribution in [-0.4, -0.2) is 26.0 Å². The van der Waals surface area contributed by atoms with Crippen molar-refractivity contribution in [1.82, 2.24) is 19.4 Å². The molecule has 0 spiro atoms. The van der Waals surface area contributed by atoms with Crippen molar-refractivity contribution < 1.29 is 4.84 Å². The van der Waals surface area contributed by atoms with Crippen molar-refractivity contribution in [2.45, 2.75) is 6.92 Å². The van der Waals surface area contributed by atoms with Crippen molar-refractivity contribution in [3.05, 3.63) is 42.8 Å². The maximum Gasteiger partial charge on any atom is 0.434 e. The monoisotopic (exact) mass is 237 g/mol. The molecule has 0 saturated carbocycles. The van der Waals surface area contributed by atoms with Crippen molar-refractivity contribution in [2.24, 2.45) is 0 Å². The van der Waals surface area contributed by atoms with Gasteiger partial charge in [-0.15, -0.1) is 9.68 Å². The van der Waals surface area contributed by atoms with E-state index in [-0.39, 0.29) is 22.4 Å². The second-order valence-corrected chi connectivity index (χ2v) is 3.01. The summed E-state index contributed by atoms with van der Waals surface area (Å²) >= 11 is 0. The molecule has 0 fully saturated rings. The largest absolute Gasteiger partial charge is 0.434 e. The number of aromatic amines is 2. The van der Waals surface area contributed by atoms with Crippen LogP contribution in [-0.2, 0) is 0 Å². The molecule has 2 aromatic rings. The predicted molar refractivity (Wildman–Crippen MR) is 56.6 cm³/mol. The molecule has 9 heteroatoms. The van der Waals surface area contributed by atoms with E-state index in [1.807, 2.05) is 0 Å². The number of aromatic nitrogens is 4. The Morgan fingerprint density at radius 3 is 2.65 bits per heavy atom. The highest BCUT2D eigenvalue weighted by atomic mass is 16.7. The summed E-state index contributed by atoms with van der Waals surface area (Å²) in [5, 5.41) is 0. The Morgan fingerprint density at radius 2 is 2.06 bits per heavy atom. The molecule has 0 atom stereocenters. The lowest BCUT2D eigenvalue weighted by Crippen LogP contribution is -2.40. The molecular formula is C8H7N5O4. The number of H-pyrrole nitrogens is 2. The molecule has 0 aliphatic rings. The number of fused-ring (bicyclic) bond motifs is 1. The van der Waals surface area contributed by atoms with Gasteiger partial charge in [0.05, 0.1) is 4.68 Å². The molecule has 0 radical (unpaired) electrons. The lowest BCUT2D eigenvalue weighted by atomic mass is 10.5. The van der Waals surface area contributed by atoms with Crippen LogP contribution in [0.5, 0.6) is 0 Å². The van der Waals surface area contributed by atoms with Crippen LogP contribution in [0.2, 0.25) is 0 Å². The molecule has 0 saturated heterocycles. The third kappa shape index (κ3) is 1.43. The maximum atomic E-state index is 11.7. The van der Waals surface area contributed by atoms with Gasteiger partial charge < -0.3 is 4.84 Å². The Bertz CT molecular complexity index is 783. The van der Waals surface area contributed by atoms with Crippen LogP contribution in [0.3, 0.4) is 0 Å². The number of hydrogen-bond acceptors (Lipinski definition) is 4. The topological polar surface area (TPSA) is 106 Å². The summed E-state index contributed by atoms with van der Waals surface area (Å²) in [6.07, 6.45) is 0. The van der Waals surface area contributed by atoms with Gasteiger partial charge in [-0.2, -0.15) is 6.57 Å². The van der Waals surface area contributed by atoms with Gasteiger partial charge in [0.1, 0.15) is 6.61 Å². The quantitative estimate of drug-likeness (QED) is 0.608. The average Bonchev–Trinajstić information content (AvgIpc) is 2.67. The van der Waals surface area contributed by atoms with E-state index in [0.717, 1.165) is 0 Å². The van der Waals surface area contributed by atoms with E-state index in [0.29, 0.717) is 4.73 Å². The fourth-order valence-corrected chi connectivity index (χ4v) is 1.39. The summed E-state index contributed by atoms with van der Waals surface area (Å²) in [5.74, 6) is 0. The Labute approximate surface area is 92.6 Å². The first kappa shape index (κ1) is 10.7. The molecule has 2 aromatic heterocycles. The summed E-state index contributed by atoms with van der Waals surface area (Å²) in [6.45, 7) is 8.51. The van der Waals surface area contributed by atoms with E-state index < -0.39 is 16.9 Å². The van der Waals surface area contributed by atoms with Crippen LogP contribution in [0, 0.1) is 6.57 Å². The molecule has 0 aromatic carbocycles. The summed E-state index contributed by atoms with van der Waals surface area (Å²) in [4.78, 5) is 46.6. The minimum atomic E-state index is -0.963. The minimum absolute atomic E-state index is 0.0910. The van der Waals surface area contributed by atoms with Gasteiger partial charge in [0.15, 0.2) is 11.2 Å². The second-order valence-electron chi connectivity index (χ2n) is 3.01. The smallest absolute Gasteiger partial charge is 0.408 e. The van der Waals surface area contributed by atoms with Crippen LogP contribution in [0.4, 0.5) is 0 Å². The number of nitrogens with zero attached hydrogens (tertiary/aromatic N) is 3. The SMILES string of the molecule is [C-]#[N+]n1c(=O)c2[nH]c(=O)[nH]c2n(OCC)c1=O. The molecule has 2 heterocycles. The molecule has 9 nitrogen and oxygen atoms in total. The van der Waals surface area contributed by atoms with E-state index in [9.17, 15) is 14.4 Å². The maximum absolute atomic E-state index is 11.7. The molecule has 0 unspecified atom stereocenters. The lowest BCUT2D eigenvalue weighted by Gasteiger charge is -2.04. The van der Waals surface area contributed by atoms with Gasteiger partial charge in [-0.3, -0.25) is 14.8 Å². The van der Waals surface area contributed by atoms with Crippen molar-refractivity contribution >= 4 is 11.2 Å². The highest BCUT2D eigenvalue weighted by Gasteiger charge is 2.19. The Balaban J connectivity index is 3.07. The Morgan fingerprint density at radius 1 is 1.35 bits per heavy atom. The minimum Gasteiger partial charge on any atom is -0.408 e. The molecule has 88 valence electrons. The summed E-state index contributed by atoms with van der Waals surface area (Å²) in [7, 11) is 0. The summed E-state index contributed by atoms with van der Waals surface area (Å²) < 4.78 is 0.981. The average molecular weight is 237 g/mol. The van der Waals surface area contributed by atoms with Crippen molar-refractivity contribution in [3.63, 3.8) is 0 Å². The molecule has 0 amide bonds. The van der Waals surface area contributed by atoms with E-state index in [4.69, 9.17) is 11.4 Å². The zero-order valence-corrected chi connectivity index (χ0v) is 8.68. The van der Waals surface area contributed by atoms with Crippen LogP contribution in [0.1, 0.15) is 6.92 Å². The first-order chi connectivity index (χ1) is 8.10. The van der Waals surface area contributed by atoms with Crippen LogP contribution < -0.4 is 21.8 Å². The zero-order valence-electron chi connectivity index (χ0n) is 8.68. The van der Waals surface area contributed by atoms with E-state index in [1.54, 1.807) is 6.92 Å². The third-order valence-corrected chi connectivity index (χ3v) is 2.03. The van der Waals surface area contributed by atoms with Crippen molar-refractivity contribution in [3.8, 4) is 0 Å². The van der Waals surface area contributed by atoms with Gasteiger partial charge in [0.2, 0.25) is 0 Å². The molecule has 2 N–H and O–H groups in total. The van der Waals surface area contributed by atoms with Gasteiger partial charge in [-0.1, -0.05) is 0 Å². The lowest BCUT2D eigenvalue weighted by molar-refractivity contribution is 0.117. The predicted octanol–water partition coefficient (Wildman–Crippen LogP) is -1.69. The summed E-state index contributed by atoms with van der Waals surface area (Å²) in [5.41, 5.74) is -2.79. The fourth-order valence-electron chi connectivity index (χ4n) is 1.39. The molecule has 0 aliphatic heterocycles. The standard InChI is InChI=1S/C8H7N5O4/c1-3-17-13-5-4(10-7(15)11-5)6(14)12(9-2)8(13)16/h3H2,1H3,(H2,10,11,15). The van der Waals surface area contributed by atoms with Crippen LogP contribution >= 0.6 is 0 Å². The third-order valence-electron chi connectivity index (χ3n) is 2.03. The van der Waals surface area contributed by atoms with Gasteiger partial charge in [0, 0.05) is 0 Å². The Hall–Kier alpha value is -2.76. The van der Waals surface area contributed by atoms with Gasteiger partial charge in [0.25, 0.3) is 0 Å². The van der Waals surface area contributed by atoms with Crippen molar-refractivity contribution in [2.75, 3.05) is 6.61 Å². The van der Waals surface area contributed by atoms with Crippen molar-refractivity contribution in [1.29, 1.82) is 0 Å². The highest BCUT2D eigenvalue weighted by Crippen LogP contribution is 1.96. The van der Waals surface area contributed by atoms with E-state index >= 15 is 0 Å². The highest BCUT2D eigenvalue weighted by molar-refractivity contribution is 5.68. The van der Waals surface area contributed by atoms with Gasteiger partial charge >= 0.3 is 16.9 Å². The zero-order chi connectivity index (χ0) is 12.6. The van der Waals surface area contributed by atoms with Crippen LogP contribution in [0.25, 0.3) is 16.1 Å². The summed E-state index contributed by atoms with van der Waals surface area (Å²) in [6, 6.07) is 0. The number of rotatable bonds is 2. The first-order valence-corrected chi connectivity index (χ1v) is 4.61. The molecule has 0 bridgehead atoms. The van der Waals surface area contributed by atoms with Gasteiger partial charge in [-0.25, -0.2) is 9.59 Å². The molecule has 0 aliphatic carbocycles. The van der Waals surface area contributed by atoms with E-state index in [2.05, 4.69) is 14.9 Å². The van der Waals surface area contributed by atoms with E-state index in [1.165, 1.54) is 0 Å². The second kappa shape index (κ2) is 3.67. The molecular weight excluding hydrogens is 230 g/mol. The normalized spacial score (nSPS) is 10.4. The fraction of sp³-hybridized carbons (Fsp3) is 0.250. The number of hydrogen-bond donors (Lipinski definition) is 2. The molecule has 2 rings (SSSR count). The first-order valence-electron chi connectivity index (χ1n) is 4.61. The Kier molecular flexibility index (Phi) is 2.32. The molecule has 17 heavy (non-hydrogen) atoms.